The van der Waals surface area contributed by atoms with Crippen molar-refractivity contribution in [2.75, 3.05) is 13.2 Å². The zero-order valence-electron chi connectivity index (χ0n) is 13.6. The Morgan fingerprint density at radius 3 is 2.44 bits per heavy atom. The van der Waals surface area contributed by atoms with Crippen LogP contribution in [0.15, 0.2) is 36.4 Å². The van der Waals surface area contributed by atoms with Crippen LogP contribution >= 0.6 is 0 Å². The molecule has 2 rings (SSSR count). The topological polar surface area (TPSA) is 41.5 Å². The van der Waals surface area contributed by atoms with Gasteiger partial charge in [0.15, 0.2) is 11.6 Å². The highest BCUT2D eigenvalue weighted by atomic mass is 19.2. The Hall–Kier alpha value is -2.12. The molecular formula is C18H19F4NO2. The fourth-order valence-corrected chi connectivity index (χ4v) is 2.20. The van der Waals surface area contributed by atoms with Gasteiger partial charge in [-0.1, -0.05) is 6.07 Å². The van der Waals surface area contributed by atoms with Gasteiger partial charge in [-0.05, 0) is 30.7 Å². The Labute approximate surface area is 143 Å². The highest BCUT2D eigenvalue weighted by molar-refractivity contribution is 5.23. The molecule has 0 saturated heterocycles. The van der Waals surface area contributed by atoms with E-state index in [2.05, 4.69) is 5.32 Å². The van der Waals surface area contributed by atoms with E-state index in [0.29, 0.717) is 0 Å². The number of hydrogen-bond donors (Lipinski definition) is 2. The van der Waals surface area contributed by atoms with Crippen molar-refractivity contribution in [3.63, 3.8) is 0 Å². The predicted octanol–water partition coefficient (Wildman–Crippen LogP) is 3.20. The molecule has 136 valence electrons. The van der Waals surface area contributed by atoms with Gasteiger partial charge in [-0.15, -0.1) is 0 Å². The minimum atomic E-state index is -0.991. The summed E-state index contributed by atoms with van der Waals surface area (Å²) in [6.45, 7) is 2.12. The summed E-state index contributed by atoms with van der Waals surface area (Å²) in [6.07, 6.45) is -0.832. The summed E-state index contributed by atoms with van der Waals surface area (Å²) in [4.78, 5) is 0. The molecule has 0 unspecified atom stereocenters. The van der Waals surface area contributed by atoms with Crippen LogP contribution in [0.3, 0.4) is 0 Å². The number of ether oxygens (including phenoxy) is 1. The van der Waals surface area contributed by atoms with Gasteiger partial charge in [0.2, 0.25) is 0 Å². The SMILES string of the molecule is C[C@@H](COc1ccc(F)c(F)c1)NC[C@@H](O)Cc1ccc(F)cc1F. The van der Waals surface area contributed by atoms with E-state index in [1.807, 2.05) is 0 Å². The van der Waals surface area contributed by atoms with Crippen LogP contribution in [0.2, 0.25) is 0 Å². The second-order valence-corrected chi connectivity index (χ2v) is 5.79. The lowest BCUT2D eigenvalue weighted by Crippen LogP contribution is -2.38. The van der Waals surface area contributed by atoms with Gasteiger partial charge in [0, 0.05) is 31.1 Å². The molecule has 0 amide bonds. The molecule has 0 saturated carbocycles. The number of aliphatic hydroxyl groups excluding tert-OH is 1. The largest absolute Gasteiger partial charge is 0.492 e. The highest BCUT2D eigenvalue weighted by Gasteiger charge is 2.12. The van der Waals surface area contributed by atoms with E-state index in [4.69, 9.17) is 4.74 Å². The molecule has 0 aliphatic carbocycles. The predicted molar refractivity (Wildman–Crippen MR) is 85.4 cm³/mol. The van der Waals surface area contributed by atoms with Crippen LogP contribution in [0.4, 0.5) is 17.6 Å². The van der Waals surface area contributed by atoms with E-state index < -0.39 is 29.4 Å². The van der Waals surface area contributed by atoms with Crippen molar-refractivity contribution < 1.29 is 27.4 Å². The van der Waals surface area contributed by atoms with E-state index in [1.54, 1.807) is 6.92 Å². The molecule has 3 nitrogen and oxygen atoms in total. The molecular weight excluding hydrogens is 338 g/mol. The average molecular weight is 357 g/mol. The summed E-state index contributed by atoms with van der Waals surface area (Å²) in [5, 5.41) is 12.9. The molecule has 7 heteroatoms. The average Bonchev–Trinajstić information content (AvgIpc) is 2.56. The zero-order valence-corrected chi connectivity index (χ0v) is 13.6. The summed E-state index contributed by atoms with van der Waals surface area (Å²) < 4.78 is 57.6. The molecule has 0 heterocycles. The Balaban J connectivity index is 1.75. The molecule has 2 aromatic rings. The maximum Gasteiger partial charge on any atom is 0.162 e. The first-order valence-corrected chi connectivity index (χ1v) is 7.78. The molecule has 25 heavy (non-hydrogen) atoms. The number of halogens is 4. The van der Waals surface area contributed by atoms with Crippen molar-refractivity contribution in [3.05, 3.63) is 65.2 Å². The molecule has 0 aromatic heterocycles. The second-order valence-electron chi connectivity index (χ2n) is 5.79. The summed E-state index contributed by atoms with van der Waals surface area (Å²) in [5.41, 5.74) is 0.224. The Bertz CT molecular complexity index is 711. The summed E-state index contributed by atoms with van der Waals surface area (Å²) >= 11 is 0. The van der Waals surface area contributed by atoms with Crippen LogP contribution in [0.5, 0.6) is 5.75 Å². The molecule has 0 aliphatic heterocycles. The smallest absolute Gasteiger partial charge is 0.162 e. The van der Waals surface area contributed by atoms with Crippen LogP contribution in [0, 0.1) is 23.3 Å². The molecule has 0 aliphatic rings. The molecule has 0 spiro atoms. The minimum Gasteiger partial charge on any atom is -0.492 e. The van der Waals surface area contributed by atoms with E-state index in [1.165, 1.54) is 12.1 Å². The van der Waals surface area contributed by atoms with Crippen molar-refractivity contribution in [1.29, 1.82) is 0 Å². The van der Waals surface area contributed by atoms with E-state index in [0.717, 1.165) is 24.3 Å². The van der Waals surface area contributed by atoms with Gasteiger partial charge in [0.25, 0.3) is 0 Å². The van der Waals surface area contributed by atoms with Crippen molar-refractivity contribution in [1.82, 2.24) is 5.32 Å². The number of aliphatic hydroxyl groups is 1. The van der Waals surface area contributed by atoms with Gasteiger partial charge in [-0.2, -0.15) is 0 Å². The summed E-state index contributed by atoms with van der Waals surface area (Å²) in [5.74, 6) is -3.11. The maximum absolute atomic E-state index is 13.5. The molecule has 0 radical (unpaired) electrons. The molecule has 2 aromatic carbocycles. The highest BCUT2D eigenvalue weighted by Crippen LogP contribution is 2.15. The monoisotopic (exact) mass is 357 g/mol. The van der Waals surface area contributed by atoms with E-state index in [9.17, 15) is 22.7 Å². The lowest BCUT2D eigenvalue weighted by atomic mass is 10.1. The number of benzene rings is 2. The van der Waals surface area contributed by atoms with Crippen LogP contribution in [-0.4, -0.2) is 30.4 Å². The lowest BCUT2D eigenvalue weighted by molar-refractivity contribution is 0.160. The van der Waals surface area contributed by atoms with Gasteiger partial charge in [-0.3, -0.25) is 0 Å². The van der Waals surface area contributed by atoms with E-state index >= 15 is 0 Å². The third kappa shape index (κ3) is 6.03. The van der Waals surface area contributed by atoms with Crippen molar-refractivity contribution in [3.8, 4) is 5.75 Å². The van der Waals surface area contributed by atoms with Gasteiger partial charge < -0.3 is 15.2 Å². The van der Waals surface area contributed by atoms with Crippen LogP contribution in [0.1, 0.15) is 12.5 Å². The van der Waals surface area contributed by atoms with Gasteiger partial charge in [0.05, 0.1) is 6.10 Å². The standard InChI is InChI=1S/C18H19F4NO2/c1-11(10-25-15-4-5-16(20)18(22)8-15)23-9-14(24)6-12-2-3-13(19)7-17(12)21/h2-5,7-8,11,14,23-24H,6,9-10H2,1H3/t11-,14-/m0/s1. The van der Waals surface area contributed by atoms with Crippen molar-refractivity contribution in [2.45, 2.75) is 25.5 Å². The fourth-order valence-electron chi connectivity index (χ4n) is 2.20. The number of hydrogen-bond acceptors (Lipinski definition) is 3. The van der Waals surface area contributed by atoms with Gasteiger partial charge >= 0.3 is 0 Å². The number of rotatable bonds is 8. The third-order valence-corrected chi connectivity index (χ3v) is 3.56. The third-order valence-electron chi connectivity index (χ3n) is 3.56. The minimum absolute atomic E-state index is 0.0376. The first kappa shape index (κ1) is 19.2. The van der Waals surface area contributed by atoms with Gasteiger partial charge in [-0.25, -0.2) is 17.6 Å². The Morgan fingerprint density at radius 2 is 1.76 bits per heavy atom. The van der Waals surface area contributed by atoms with Crippen LogP contribution < -0.4 is 10.1 Å². The molecule has 2 atom stereocenters. The molecule has 0 fully saturated rings. The molecule has 2 N–H and O–H groups in total. The first-order chi connectivity index (χ1) is 11.8. The van der Waals surface area contributed by atoms with Crippen molar-refractivity contribution >= 4 is 0 Å². The maximum atomic E-state index is 13.5. The normalized spacial score (nSPS) is 13.5. The summed E-state index contributed by atoms with van der Waals surface area (Å²) in [7, 11) is 0. The van der Waals surface area contributed by atoms with Gasteiger partial charge in [0.1, 0.15) is 24.0 Å². The summed E-state index contributed by atoms with van der Waals surface area (Å²) in [6, 6.07) is 6.25. The zero-order chi connectivity index (χ0) is 18.4. The second kappa shape index (κ2) is 8.82. The Kier molecular flexibility index (Phi) is 6.78. The van der Waals surface area contributed by atoms with Crippen molar-refractivity contribution in [2.24, 2.45) is 0 Å². The first-order valence-electron chi connectivity index (χ1n) is 7.78. The van der Waals surface area contributed by atoms with E-state index in [-0.39, 0.29) is 36.9 Å². The molecule has 0 bridgehead atoms. The fraction of sp³-hybridized carbons (Fsp3) is 0.333. The lowest BCUT2D eigenvalue weighted by Gasteiger charge is -2.18. The van der Waals surface area contributed by atoms with Crippen LogP contribution in [-0.2, 0) is 6.42 Å². The quantitative estimate of drug-likeness (QED) is 0.713. The van der Waals surface area contributed by atoms with Crippen LogP contribution in [0.25, 0.3) is 0 Å². The number of nitrogens with one attached hydrogen (secondary N) is 1. The Morgan fingerprint density at radius 1 is 1.00 bits per heavy atom.